The highest BCUT2D eigenvalue weighted by molar-refractivity contribution is 7.21. The molecular weight excluding hydrogens is 450 g/mol. The zero-order valence-corrected chi connectivity index (χ0v) is 19.8. The molecule has 0 aliphatic carbocycles. The molecule has 4 rings (SSSR count). The van der Waals surface area contributed by atoms with Gasteiger partial charge in [-0.05, 0) is 35.9 Å². The smallest absolute Gasteiger partial charge is 0.127 e. The van der Waals surface area contributed by atoms with Gasteiger partial charge in [0, 0.05) is 11.1 Å². The number of ether oxygens (including phenoxy) is 4. The minimum atomic E-state index is 0.0276. The molecular formula is C27H29NO5S. The number of rotatable bonds is 14. The molecule has 0 saturated heterocycles. The predicted octanol–water partition coefficient (Wildman–Crippen LogP) is 5.05. The Labute approximate surface area is 203 Å². The van der Waals surface area contributed by atoms with Crippen molar-refractivity contribution >= 4 is 21.6 Å². The summed E-state index contributed by atoms with van der Waals surface area (Å²) >= 11 is 1.69. The highest BCUT2D eigenvalue weighted by Crippen LogP contribution is 2.37. The van der Waals surface area contributed by atoms with Crippen LogP contribution in [0.3, 0.4) is 0 Å². The third-order valence-corrected chi connectivity index (χ3v) is 6.16. The summed E-state index contributed by atoms with van der Waals surface area (Å²) in [7, 11) is 0. The summed E-state index contributed by atoms with van der Waals surface area (Å²) in [6.45, 7) is 3.22. The Morgan fingerprint density at radius 1 is 0.676 bits per heavy atom. The van der Waals surface area contributed by atoms with Gasteiger partial charge >= 0.3 is 0 Å². The van der Waals surface area contributed by atoms with Gasteiger partial charge in [0.05, 0.1) is 56.5 Å². The van der Waals surface area contributed by atoms with E-state index in [0.29, 0.717) is 46.2 Å². The van der Waals surface area contributed by atoms with Gasteiger partial charge in [-0.15, -0.1) is 11.3 Å². The largest absolute Gasteiger partial charge is 0.491 e. The van der Waals surface area contributed by atoms with Gasteiger partial charge in [0.2, 0.25) is 0 Å². The highest BCUT2D eigenvalue weighted by atomic mass is 32.1. The fourth-order valence-corrected chi connectivity index (χ4v) is 4.41. The number of aromatic nitrogens is 1. The first-order valence-corrected chi connectivity index (χ1v) is 12.2. The standard InChI is InChI=1S/C27H29NO5S/c29-12-13-30-14-15-31-16-17-32-18-19-33-25-11-10-22(20-23(25)21-6-2-1-3-7-21)27-28-24-8-4-5-9-26(24)34-27/h1-11,20,29H,12-19H2. The lowest BCUT2D eigenvalue weighted by molar-refractivity contribution is 0.00363. The molecule has 0 radical (unpaired) electrons. The van der Waals surface area contributed by atoms with Crippen molar-refractivity contribution < 1.29 is 24.1 Å². The summed E-state index contributed by atoms with van der Waals surface area (Å²) in [6.07, 6.45) is 0. The molecule has 6 nitrogen and oxygen atoms in total. The van der Waals surface area contributed by atoms with Crippen molar-refractivity contribution in [1.29, 1.82) is 0 Å². The van der Waals surface area contributed by atoms with Crippen LogP contribution in [-0.2, 0) is 14.2 Å². The van der Waals surface area contributed by atoms with E-state index in [0.717, 1.165) is 33.0 Å². The highest BCUT2D eigenvalue weighted by Gasteiger charge is 2.12. The van der Waals surface area contributed by atoms with Crippen molar-refractivity contribution in [3.05, 3.63) is 72.8 Å². The topological polar surface area (TPSA) is 70.0 Å². The zero-order valence-electron chi connectivity index (χ0n) is 19.0. The molecule has 178 valence electrons. The molecule has 7 heteroatoms. The van der Waals surface area contributed by atoms with Gasteiger partial charge in [-0.3, -0.25) is 0 Å². The first-order chi connectivity index (χ1) is 16.8. The Bertz CT molecular complexity index is 1120. The van der Waals surface area contributed by atoms with Gasteiger partial charge in [-0.2, -0.15) is 0 Å². The quantitative estimate of drug-likeness (QED) is 0.255. The van der Waals surface area contributed by atoms with E-state index in [1.165, 1.54) is 4.70 Å². The van der Waals surface area contributed by atoms with E-state index in [4.69, 9.17) is 29.0 Å². The third-order valence-electron chi connectivity index (χ3n) is 5.07. The van der Waals surface area contributed by atoms with Crippen LogP contribution in [0.15, 0.2) is 72.8 Å². The van der Waals surface area contributed by atoms with Crippen molar-refractivity contribution in [2.75, 3.05) is 52.9 Å². The van der Waals surface area contributed by atoms with Gasteiger partial charge in [0.15, 0.2) is 0 Å². The molecule has 3 aromatic carbocycles. The summed E-state index contributed by atoms with van der Waals surface area (Å²) in [5.41, 5.74) is 4.22. The van der Waals surface area contributed by atoms with Crippen LogP contribution in [-0.4, -0.2) is 62.9 Å². The van der Waals surface area contributed by atoms with Crippen LogP contribution in [0.4, 0.5) is 0 Å². The van der Waals surface area contributed by atoms with E-state index in [1.807, 2.05) is 42.5 Å². The lowest BCUT2D eigenvalue weighted by atomic mass is 10.0. The van der Waals surface area contributed by atoms with Crippen LogP contribution in [0.2, 0.25) is 0 Å². The second kappa shape index (κ2) is 13.2. The Balaban J connectivity index is 1.35. The number of benzene rings is 3. The molecule has 0 unspecified atom stereocenters. The normalized spacial score (nSPS) is 11.2. The number of nitrogens with zero attached hydrogens (tertiary/aromatic N) is 1. The molecule has 1 N–H and O–H groups in total. The summed E-state index contributed by atoms with van der Waals surface area (Å²) in [6, 6.07) is 24.7. The number of aliphatic hydroxyl groups is 1. The molecule has 4 aromatic rings. The van der Waals surface area contributed by atoms with Crippen molar-refractivity contribution in [2.24, 2.45) is 0 Å². The summed E-state index contributed by atoms with van der Waals surface area (Å²) in [4.78, 5) is 4.81. The number of hydrogen-bond donors (Lipinski definition) is 1. The monoisotopic (exact) mass is 479 g/mol. The van der Waals surface area contributed by atoms with Crippen molar-refractivity contribution in [3.63, 3.8) is 0 Å². The predicted molar refractivity (Wildman–Crippen MR) is 136 cm³/mol. The van der Waals surface area contributed by atoms with Gasteiger partial charge in [-0.25, -0.2) is 4.98 Å². The van der Waals surface area contributed by atoms with Crippen molar-refractivity contribution in [3.8, 4) is 27.4 Å². The molecule has 1 heterocycles. The Morgan fingerprint density at radius 2 is 1.35 bits per heavy atom. The average molecular weight is 480 g/mol. The van der Waals surface area contributed by atoms with Gasteiger partial charge < -0.3 is 24.1 Å². The summed E-state index contributed by atoms with van der Waals surface area (Å²) in [5, 5.41) is 9.64. The van der Waals surface area contributed by atoms with Crippen molar-refractivity contribution in [2.45, 2.75) is 0 Å². The van der Waals surface area contributed by atoms with Crippen LogP contribution in [0, 0.1) is 0 Å². The zero-order chi connectivity index (χ0) is 23.4. The second-order valence-corrected chi connectivity index (χ2v) is 8.50. The number of fused-ring (bicyclic) bond motifs is 1. The molecule has 0 atom stereocenters. The molecule has 0 aliphatic rings. The maximum atomic E-state index is 8.65. The van der Waals surface area contributed by atoms with E-state index in [1.54, 1.807) is 11.3 Å². The van der Waals surface area contributed by atoms with Crippen LogP contribution in [0.1, 0.15) is 0 Å². The van der Waals surface area contributed by atoms with Crippen LogP contribution < -0.4 is 4.74 Å². The van der Waals surface area contributed by atoms with Crippen molar-refractivity contribution in [1.82, 2.24) is 4.98 Å². The maximum Gasteiger partial charge on any atom is 0.127 e. The molecule has 34 heavy (non-hydrogen) atoms. The molecule has 0 saturated carbocycles. The van der Waals surface area contributed by atoms with Crippen LogP contribution in [0.25, 0.3) is 31.9 Å². The Hall–Kier alpha value is -2.81. The van der Waals surface area contributed by atoms with E-state index in [9.17, 15) is 0 Å². The average Bonchev–Trinajstić information content (AvgIpc) is 3.32. The minimum Gasteiger partial charge on any atom is -0.491 e. The Morgan fingerprint density at radius 3 is 2.09 bits per heavy atom. The fourth-order valence-electron chi connectivity index (χ4n) is 3.44. The first kappa shape index (κ1) is 24.3. The van der Waals surface area contributed by atoms with E-state index < -0.39 is 0 Å². The molecule has 0 fully saturated rings. The van der Waals surface area contributed by atoms with Gasteiger partial charge in [0.25, 0.3) is 0 Å². The lowest BCUT2D eigenvalue weighted by Crippen LogP contribution is -2.13. The van der Waals surface area contributed by atoms with Gasteiger partial charge in [-0.1, -0.05) is 42.5 Å². The molecule has 1 aromatic heterocycles. The molecule has 0 amide bonds. The maximum absolute atomic E-state index is 8.65. The van der Waals surface area contributed by atoms with Gasteiger partial charge in [0.1, 0.15) is 17.4 Å². The van der Waals surface area contributed by atoms with Crippen LogP contribution >= 0.6 is 11.3 Å². The summed E-state index contributed by atoms with van der Waals surface area (Å²) < 4.78 is 23.4. The Kier molecular flexibility index (Phi) is 9.42. The fraction of sp³-hybridized carbons (Fsp3) is 0.296. The van der Waals surface area contributed by atoms with E-state index >= 15 is 0 Å². The first-order valence-electron chi connectivity index (χ1n) is 11.4. The molecule has 0 spiro atoms. The molecule has 0 aliphatic heterocycles. The van der Waals surface area contributed by atoms with E-state index in [2.05, 4.69) is 30.3 Å². The number of para-hydroxylation sites is 1. The van der Waals surface area contributed by atoms with Crippen LogP contribution in [0.5, 0.6) is 5.75 Å². The number of hydrogen-bond acceptors (Lipinski definition) is 7. The number of thiazole rings is 1. The SMILES string of the molecule is OCCOCCOCCOCCOc1ccc(-c2nc3ccccc3s2)cc1-c1ccccc1. The lowest BCUT2D eigenvalue weighted by Gasteiger charge is -2.13. The molecule has 0 bridgehead atoms. The van der Waals surface area contributed by atoms with E-state index in [-0.39, 0.29) is 6.61 Å². The summed E-state index contributed by atoms with van der Waals surface area (Å²) in [5.74, 6) is 0.817. The minimum absolute atomic E-state index is 0.0276. The second-order valence-electron chi connectivity index (χ2n) is 7.47. The third kappa shape index (κ3) is 6.85. The number of aliphatic hydroxyl groups excluding tert-OH is 1.